The summed E-state index contributed by atoms with van der Waals surface area (Å²) in [5.41, 5.74) is 0.671. The van der Waals surface area contributed by atoms with Crippen LogP contribution in [0.1, 0.15) is 16.2 Å². The van der Waals surface area contributed by atoms with Crippen molar-refractivity contribution in [2.45, 2.75) is 24.8 Å². The lowest BCUT2D eigenvalue weighted by Crippen LogP contribution is -2.32. The minimum Gasteiger partial charge on any atom is -0.468 e. The first-order chi connectivity index (χ1) is 12.0. The molecule has 0 spiro atoms. The standard InChI is InChI=1S/C18H18ClNO3S2/c1-14-6-7-15(19)12-18(14)25(21,22)20(13-16-4-2-10-23-16)9-8-17-5-3-11-24-17/h2-7,10-12H,8-9,13H2,1H3. The van der Waals surface area contributed by atoms with Crippen LogP contribution in [-0.4, -0.2) is 19.3 Å². The Kier molecular flexibility index (Phi) is 5.64. The average molecular weight is 396 g/mol. The zero-order valence-corrected chi connectivity index (χ0v) is 16.1. The third-order valence-electron chi connectivity index (χ3n) is 3.87. The maximum atomic E-state index is 13.2. The lowest BCUT2D eigenvalue weighted by atomic mass is 10.2. The molecule has 0 aliphatic heterocycles. The van der Waals surface area contributed by atoms with E-state index in [1.54, 1.807) is 48.8 Å². The topological polar surface area (TPSA) is 50.5 Å². The van der Waals surface area contributed by atoms with Gasteiger partial charge in [-0.05, 0) is 54.6 Å². The number of aryl methyl sites for hydroxylation is 1. The smallest absolute Gasteiger partial charge is 0.243 e. The summed E-state index contributed by atoms with van der Waals surface area (Å²) in [5, 5.41) is 2.39. The van der Waals surface area contributed by atoms with Crippen LogP contribution in [0.3, 0.4) is 0 Å². The Labute approximate surface area is 156 Å². The van der Waals surface area contributed by atoms with Gasteiger partial charge in [0, 0.05) is 16.4 Å². The number of benzene rings is 1. The first kappa shape index (κ1) is 18.2. The molecule has 2 aromatic heterocycles. The molecule has 2 heterocycles. The van der Waals surface area contributed by atoms with Gasteiger partial charge in [0.2, 0.25) is 10.0 Å². The molecule has 0 bridgehead atoms. The molecule has 0 amide bonds. The highest BCUT2D eigenvalue weighted by atomic mass is 35.5. The van der Waals surface area contributed by atoms with Crippen LogP contribution in [0.2, 0.25) is 5.02 Å². The van der Waals surface area contributed by atoms with Crippen LogP contribution in [0.15, 0.2) is 63.4 Å². The van der Waals surface area contributed by atoms with Crippen LogP contribution in [-0.2, 0) is 23.0 Å². The number of rotatable bonds is 7. The molecule has 4 nitrogen and oxygen atoms in total. The number of hydrogen-bond donors (Lipinski definition) is 0. The van der Waals surface area contributed by atoms with E-state index in [0.717, 1.165) is 4.88 Å². The normalized spacial score (nSPS) is 12.0. The fourth-order valence-electron chi connectivity index (χ4n) is 2.54. The second kappa shape index (κ2) is 7.74. The zero-order chi connectivity index (χ0) is 17.9. The van der Waals surface area contributed by atoms with E-state index in [-0.39, 0.29) is 11.4 Å². The van der Waals surface area contributed by atoms with Gasteiger partial charge in [-0.3, -0.25) is 0 Å². The van der Waals surface area contributed by atoms with E-state index < -0.39 is 10.0 Å². The quantitative estimate of drug-likeness (QED) is 0.580. The van der Waals surface area contributed by atoms with Crippen molar-refractivity contribution in [3.63, 3.8) is 0 Å². The minimum atomic E-state index is -3.69. The lowest BCUT2D eigenvalue weighted by molar-refractivity contribution is 0.366. The maximum Gasteiger partial charge on any atom is 0.243 e. The number of sulfonamides is 1. The molecule has 7 heteroatoms. The molecular weight excluding hydrogens is 378 g/mol. The summed E-state index contributed by atoms with van der Waals surface area (Å²) in [4.78, 5) is 1.38. The SMILES string of the molecule is Cc1ccc(Cl)cc1S(=O)(=O)N(CCc1cccs1)Cc1ccco1. The van der Waals surface area contributed by atoms with Gasteiger partial charge in [-0.15, -0.1) is 11.3 Å². The highest BCUT2D eigenvalue weighted by Crippen LogP contribution is 2.25. The number of furan rings is 1. The first-order valence-corrected chi connectivity index (χ1v) is 10.5. The Morgan fingerprint density at radius 2 is 2.04 bits per heavy atom. The summed E-state index contributed by atoms with van der Waals surface area (Å²) in [6.45, 7) is 2.33. The molecule has 3 aromatic rings. The number of halogens is 1. The highest BCUT2D eigenvalue weighted by molar-refractivity contribution is 7.89. The van der Waals surface area contributed by atoms with Crippen LogP contribution in [0, 0.1) is 6.92 Å². The highest BCUT2D eigenvalue weighted by Gasteiger charge is 2.27. The monoisotopic (exact) mass is 395 g/mol. The summed E-state index contributed by atoms with van der Waals surface area (Å²) in [5.74, 6) is 0.606. The number of hydrogen-bond acceptors (Lipinski definition) is 4. The van der Waals surface area contributed by atoms with Crippen molar-refractivity contribution in [3.8, 4) is 0 Å². The van der Waals surface area contributed by atoms with E-state index >= 15 is 0 Å². The second-order valence-corrected chi connectivity index (χ2v) is 9.03. The third-order valence-corrected chi connectivity index (χ3v) is 7.03. The van der Waals surface area contributed by atoms with Gasteiger partial charge >= 0.3 is 0 Å². The predicted molar refractivity (Wildman–Crippen MR) is 101 cm³/mol. The van der Waals surface area contributed by atoms with Gasteiger partial charge in [0.05, 0.1) is 17.7 Å². The van der Waals surface area contributed by atoms with E-state index in [1.807, 2.05) is 17.5 Å². The van der Waals surface area contributed by atoms with Gasteiger partial charge in [-0.1, -0.05) is 23.7 Å². The Bertz CT molecular complexity index is 919. The van der Waals surface area contributed by atoms with E-state index in [2.05, 4.69) is 0 Å². The van der Waals surface area contributed by atoms with Crippen LogP contribution in [0.4, 0.5) is 0 Å². The average Bonchev–Trinajstić information content (AvgIpc) is 3.26. The molecule has 0 saturated heterocycles. The fraction of sp³-hybridized carbons (Fsp3) is 0.222. The fourth-order valence-corrected chi connectivity index (χ4v) is 5.13. The molecule has 0 saturated carbocycles. The molecule has 25 heavy (non-hydrogen) atoms. The van der Waals surface area contributed by atoms with Gasteiger partial charge in [-0.25, -0.2) is 8.42 Å². The van der Waals surface area contributed by atoms with E-state index in [1.165, 1.54) is 10.4 Å². The molecule has 1 aromatic carbocycles. The van der Waals surface area contributed by atoms with Crippen molar-refractivity contribution in [3.05, 3.63) is 75.3 Å². The molecule has 132 valence electrons. The Balaban J connectivity index is 1.92. The Morgan fingerprint density at radius 1 is 1.20 bits per heavy atom. The summed E-state index contributed by atoms with van der Waals surface area (Å²) in [7, 11) is -3.69. The van der Waals surface area contributed by atoms with Crippen molar-refractivity contribution in [2.24, 2.45) is 0 Å². The van der Waals surface area contributed by atoms with Crippen molar-refractivity contribution in [1.82, 2.24) is 4.31 Å². The molecular formula is C18H18ClNO3S2. The van der Waals surface area contributed by atoms with Gasteiger partial charge in [0.25, 0.3) is 0 Å². The maximum absolute atomic E-state index is 13.2. The Hall–Kier alpha value is -1.60. The van der Waals surface area contributed by atoms with Crippen molar-refractivity contribution >= 4 is 33.0 Å². The summed E-state index contributed by atoms with van der Waals surface area (Å²) in [6.07, 6.45) is 2.20. The molecule has 0 N–H and O–H groups in total. The van der Waals surface area contributed by atoms with Crippen LogP contribution >= 0.6 is 22.9 Å². The summed E-state index contributed by atoms with van der Waals surface area (Å²) in [6, 6.07) is 12.4. The molecule has 0 unspecified atom stereocenters. The van der Waals surface area contributed by atoms with Crippen LogP contribution < -0.4 is 0 Å². The Morgan fingerprint density at radius 3 is 2.72 bits per heavy atom. The van der Waals surface area contributed by atoms with Gasteiger partial charge in [-0.2, -0.15) is 4.31 Å². The second-order valence-electron chi connectivity index (χ2n) is 5.66. The zero-order valence-electron chi connectivity index (χ0n) is 13.7. The molecule has 0 aliphatic rings. The van der Waals surface area contributed by atoms with Gasteiger partial charge in [0.1, 0.15) is 5.76 Å². The molecule has 3 rings (SSSR count). The van der Waals surface area contributed by atoms with E-state index in [0.29, 0.717) is 29.3 Å². The summed E-state index contributed by atoms with van der Waals surface area (Å²) < 4.78 is 33.2. The van der Waals surface area contributed by atoms with Crippen LogP contribution in [0.5, 0.6) is 0 Å². The van der Waals surface area contributed by atoms with Crippen LogP contribution in [0.25, 0.3) is 0 Å². The molecule has 0 radical (unpaired) electrons. The largest absolute Gasteiger partial charge is 0.468 e. The van der Waals surface area contributed by atoms with Crippen molar-refractivity contribution in [1.29, 1.82) is 0 Å². The van der Waals surface area contributed by atoms with Gasteiger partial charge < -0.3 is 4.42 Å². The van der Waals surface area contributed by atoms with Crippen molar-refractivity contribution in [2.75, 3.05) is 6.54 Å². The molecule has 0 fully saturated rings. The lowest BCUT2D eigenvalue weighted by Gasteiger charge is -2.22. The number of nitrogens with zero attached hydrogens (tertiary/aromatic N) is 1. The molecule has 0 aliphatic carbocycles. The number of thiophene rings is 1. The van der Waals surface area contributed by atoms with E-state index in [4.69, 9.17) is 16.0 Å². The van der Waals surface area contributed by atoms with Crippen molar-refractivity contribution < 1.29 is 12.8 Å². The van der Waals surface area contributed by atoms with E-state index in [9.17, 15) is 8.42 Å². The minimum absolute atomic E-state index is 0.187. The third kappa shape index (κ3) is 4.33. The first-order valence-electron chi connectivity index (χ1n) is 7.78. The van der Waals surface area contributed by atoms with Gasteiger partial charge in [0.15, 0.2) is 0 Å². The molecule has 0 atom stereocenters. The summed E-state index contributed by atoms with van der Waals surface area (Å²) >= 11 is 7.65. The predicted octanol–water partition coefficient (Wildman–Crippen LogP) is 4.74.